The maximum absolute atomic E-state index is 11.6. The molecule has 1 aromatic heterocycles. The van der Waals surface area contributed by atoms with Gasteiger partial charge >= 0.3 is 0 Å². The molecule has 11 heteroatoms. The number of Topliss-reactive ketones (excluding diaryl/α,β-unsaturated/α-hetero) is 1. The lowest BCUT2D eigenvalue weighted by Gasteiger charge is -2.14. The first-order chi connectivity index (χ1) is 14.3. The van der Waals surface area contributed by atoms with E-state index in [1.807, 2.05) is 6.92 Å². The van der Waals surface area contributed by atoms with Gasteiger partial charge in [0.25, 0.3) is 5.91 Å². The third-order valence-corrected chi connectivity index (χ3v) is 7.22. The molecule has 0 aliphatic heterocycles. The quantitative estimate of drug-likeness (QED) is 0.156. The number of aromatic hydroxyl groups is 1. The van der Waals surface area contributed by atoms with E-state index in [0.29, 0.717) is 39.3 Å². The monoisotopic (exact) mass is 471 g/mol. The number of benzene rings is 1. The van der Waals surface area contributed by atoms with Crippen LogP contribution < -0.4 is 4.74 Å². The molecule has 0 bridgehead atoms. The Labute approximate surface area is 188 Å². The van der Waals surface area contributed by atoms with Crippen LogP contribution in [-0.2, 0) is 11.2 Å². The van der Waals surface area contributed by atoms with Gasteiger partial charge in [0.15, 0.2) is 14.5 Å². The lowest BCUT2D eigenvalue weighted by molar-refractivity contribution is -0.155. The molecule has 2 N–H and O–H groups in total. The molecule has 0 unspecified atom stereocenters. The molecule has 0 spiro atoms. The van der Waals surface area contributed by atoms with Gasteiger partial charge in [-0.15, -0.1) is 10.2 Å². The van der Waals surface area contributed by atoms with Crippen LogP contribution in [0.2, 0.25) is 0 Å². The Kier molecular flexibility index (Phi) is 9.89. The number of carbonyl (C=O) groups is 2. The molecule has 2 rings (SSSR count). The summed E-state index contributed by atoms with van der Waals surface area (Å²) >= 11 is 4.19. The van der Waals surface area contributed by atoms with Gasteiger partial charge in [-0.1, -0.05) is 48.2 Å². The van der Waals surface area contributed by atoms with Crippen LogP contribution >= 0.6 is 34.9 Å². The van der Waals surface area contributed by atoms with Crippen LogP contribution in [0.3, 0.4) is 0 Å². The molecule has 164 valence electrons. The van der Waals surface area contributed by atoms with Gasteiger partial charge < -0.3 is 9.84 Å². The van der Waals surface area contributed by atoms with Crippen LogP contribution in [0.15, 0.2) is 20.8 Å². The summed E-state index contributed by atoms with van der Waals surface area (Å²) in [6, 6.07) is 3.34. The zero-order valence-electron chi connectivity index (χ0n) is 17.1. The molecule has 8 nitrogen and oxygen atoms in total. The van der Waals surface area contributed by atoms with E-state index in [0.717, 1.165) is 22.9 Å². The van der Waals surface area contributed by atoms with Crippen LogP contribution in [-0.4, -0.2) is 62.4 Å². The summed E-state index contributed by atoms with van der Waals surface area (Å²) in [7, 11) is 1.29. The van der Waals surface area contributed by atoms with Crippen molar-refractivity contribution in [3.05, 3.63) is 23.3 Å². The number of ketones is 1. The summed E-state index contributed by atoms with van der Waals surface area (Å²) in [4.78, 5) is 23.0. The van der Waals surface area contributed by atoms with Crippen molar-refractivity contribution >= 4 is 46.6 Å². The van der Waals surface area contributed by atoms with Crippen molar-refractivity contribution in [2.45, 2.75) is 41.8 Å². The van der Waals surface area contributed by atoms with Crippen molar-refractivity contribution in [1.82, 2.24) is 15.3 Å². The van der Waals surface area contributed by atoms with Crippen LogP contribution in [0.1, 0.15) is 42.6 Å². The van der Waals surface area contributed by atoms with Crippen molar-refractivity contribution in [3.8, 4) is 11.5 Å². The number of ether oxygens (including phenoxy) is 1. The third kappa shape index (κ3) is 7.15. The van der Waals surface area contributed by atoms with Gasteiger partial charge in [0.2, 0.25) is 0 Å². The number of hydroxylamine groups is 2. The summed E-state index contributed by atoms with van der Waals surface area (Å²) in [5.41, 5.74) is 0.991. The molecule has 0 saturated heterocycles. The number of amides is 1. The summed E-state index contributed by atoms with van der Waals surface area (Å²) in [6.45, 7) is 3.91. The molecule has 1 aromatic carbocycles. The van der Waals surface area contributed by atoms with Gasteiger partial charge in [0, 0.05) is 18.4 Å². The van der Waals surface area contributed by atoms with Gasteiger partial charge in [-0.3, -0.25) is 14.8 Å². The average molecular weight is 472 g/mol. The first-order valence-electron chi connectivity index (χ1n) is 9.36. The highest BCUT2D eigenvalue weighted by atomic mass is 32.2. The predicted octanol–water partition coefficient (Wildman–Crippen LogP) is 3.90. The molecule has 0 radical (unpaired) electrons. The molecular formula is C19H25N3O5S3. The minimum Gasteiger partial charge on any atom is -0.507 e. The predicted molar refractivity (Wildman–Crippen MR) is 118 cm³/mol. The minimum absolute atomic E-state index is 0.0148. The number of hydrogen-bond acceptors (Lipinski definition) is 10. The second kappa shape index (κ2) is 12.1. The van der Waals surface area contributed by atoms with E-state index >= 15 is 0 Å². The normalized spacial score (nSPS) is 10.8. The summed E-state index contributed by atoms with van der Waals surface area (Å²) < 4.78 is 7.33. The number of hydrogen-bond donors (Lipinski definition) is 2. The highest BCUT2D eigenvalue weighted by Crippen LogP contribution is 2.33. The molecule has 2 aromatic rings. The molecule has 1 heterocycles. The number of nitrogens with zero attached hydrogens (tertiary/aromatic N) is 3. The molecule has 30 heavy (non-hydrogen) atoms. The Bertz CT molecular complexity index is 873. The van der Waals surface area contributed by atoms with Gasteiger partial charge in [-0.25, -0.2) is 5.06 Å². The molecule has 0 fully saturated rings. The average Bonchev–Trinajstić information content (AvgIpc) is 3.15. The lowest BCUT2D eigenvalue weighted by atomic mass is 10.0. The topological polar surface area (TPSA) is 113 Å². The highest BCUT2D eigenvalue weighted by Gasteiger charge is 2.16. The largest absolute Gasteiger partial charge is 0.507 e. The van der Waals surface area contributed by atoms with Gasteiger partial charge in [0.05, 0.1) is 17.9 Å². The van der Waals surface area contributed by atoms with Crippen LogP contribution in [0, 0.1) is 0 Å². The maximum atomic E-state index is 11.6. The third-order valence-electron chi connectivity index (χ3n) is 3.96. The second-order valence-electron chi connectivity index (χ2n) is 6.33. The zero-order valence-corrected chi connectivity index (χ0v) is 19.5. The van der Waals surface area contributed by atoms with Crippen LogP contribution in [0.4, 0.5) is 0 Å². The standard InChI is InChI=1S/C19H25N3O5S3/c1-4-6-14-15(8-7-13(12(2)23)17(14)25)27-9-5-10-28-18-20-21-19(30-18)29-11-16(24)22(3)26/h7-8,25-26H,4-6,9-11H2,1-3H3. The number of aromatic nitrogens is 2. The summed E-state index contributed by atoms with van der Waals surface area (Å²) in [6.07, 6.45) is 2.23. The zero-order chi connectivity index (χ0) is 22.1. The minimum atomic E-state index is -0.397. The molecule has 0 saturated carbocycles. The molecule has 0 aliphatic rings. The second-order valence-corrected chi connectivity index (χ2v) is 9.88. The maximum Gasteiger partial charge on any atom is 0.256 e. The van der Waals surface area contributed by atoms with Crippen molar-refractivity contribution in [1.29, 1.82) is 0 Å². The number of carbonyl (C=O) groups excluding carboxylic acids is 2. The van der Waals surface area contributed by atoms with Gasteiger partial charge in [-0.05, 0) is 31.9 Å². The first-order valence-corrected chi connectivity index (χ1v) is 12.1. The van der Waals surface area contributed by atoms with Crippen molar-refractivity contribution in [2.75, 3.05) is 25.2 Å². The Hall–Kier alpha value is -1.82. The molecule has 0 aliphatic carbocycles. The van der Waals surface area contributed by atoms with E-state index in [1.165, 1.54) is 37.1 Å². The Morgan fingerprint density at radius 1 is 1.23 bits per heavy atom. The SMILES string of the molecule is CCCc1c(OCCCSc2nnc(SCC(=O)N(C)O)s2)ccc(C(C)=O)c1O. The van der Waals surface area contributed by atoms with Gasteiger partial charge in [-0.2, -0.15) is 0 Å². The van der Waals surface area contributed by atoms with Crippen molar-refractivity contribution < 1.29 is 24.6 Å². The molecular weight excluding hydrogens is 446 g/mol. The van der Waals surface area contributed by atoms with E-state index < -0.39 is 5.91 Å². The lowest BCUT2D eigenvalue weighted by Crippen LogP contribution is -2.24. The summed E-state index contributed by atoms with van der Waals surface area (Å²) in [5.74, 6) is 0.938. The Morgan fingerprint density at radius 2 is 1.93 bits per heavy atom. The van der Waals surface area contributed by atoms with E-state index in [-0.39, 0.29) is 17.3 Å². The molecule has 0 atom stereocenters. The fourth-order valence-corrected chi connectivity index (χ4v) is 5.37. The Morgan fingerprint density at radius 3 is 2.57 bits per heavy atom. The van der Waals surface area contributed by atoms with Crippen molar-refractivity contribution in [2.24, 2.45) is 0 Å². The number of phenolic OH excluding ortho intramolecular Hbond substituents is 1. The fraction of sp³-hybridized carbons (Fsp3) is 0.474. The fourth-order valence-electron chi connectivity index (χ4n) is 2.46. The number of thioether (sulfide) groups is 2. The Balaban J connectivity index is 1.80. The van der Waals surface area contributed by atoms with Crippen LogP contribution in [0.25, 0.3) is 0 Å². The van der Waals surface area contributed by atoms with E-state index in [9.17, 15) is 14.7 Å². The first kappa shape index (κ1) is 24.4. The highest BCUT2D eigenvalue weighted by molar-refractivity contribution is 8.03. The van der Waals surface area contributed by atoms with Crippen molar-refractivity contribution in [3.63, 3.8) is 0 Å². The van der Waals surface area contributed by atoms with E-state index in [2.05, 4.69) is 10.2 Å². The summed E-state index contributed by atoms with van der Waals surface area (Å²) in [5, 5.41) is 28.1. The van der Waals surface area contributed by atoms with E-state index in [4.69, 9.17) is 9.94 Å². The number of phenols is 1. The molecule has 1 amide bonds. The van der Waals surface area contributed by atoms with E-state index in [1.54, 1.807) is 23.9 Å². The van der Waals surface area contributed by atoms with Gasteiger partial charge in [0.1, 0.15) is 11.5 Å². The number of rotatable bonds is 12. The smallest absolute Gasteiger partial charge is 0.256 e. The van der Waals surface area contributed by atoms with Crippen LogP contribution in [0.5, 0.6) is 11.5 Å².